The molecule has 3 nitrogen and oxygen atoms in total. The number of carbonyl (C=O) groups excluding carboxylic acids is 1. The van der Waals surface area contributed by atoms with E-state index in [0.29, 0.717) is 16.9 Å². The van der Waals surface area contributed by atoms with Gasteiger partial charge in [-0.3, -0.25) is 4.79 Å². The molecule has 0 saturated heterocycles. The summed E-state index contributed by atoms with van der Waals surface area (Å²) in [5.41, 5.74) is 5.65. The van der Waals surface area contributed by atoms with E-state index in [1.165, 1.54) is 12.1 Å². The molecule has 1 fully saturated rings. The molecule has 1 aliphatic rings. The summed E-state index contributed by atoms with van der Waals surface area (Å²) in [6, 6.07) is 4.36. The molecule has 17 heavy (non-hydrogen) atoms. The fourth-order valence-electron chi connectivity index (χ4n) is 1.79. The SMILES string of the molecule is NCC(NC(=O)c1ccc(Br)cc1F)C1CC1. The third-order valence-electron chi connectivity index (χ3n) is 2.94. The van der Waals surface area contributed by atoms with Crippen molar-refractivity contribution < 1.29 is 9.18 Å². The highest BCUT2D eigenvalue weighted by molar-refractivity contribution is 9.10. The van der Waals surface area contributed by atoms with Gasteiger partial charge in [-0.05, 0) is 37.0 Å². The van der Waals surface area contributed by atoms with E-state index in [1.54, 1.807) is 6.07 Å². The van der Waals surface area contributed by atoms with Gasteiger partial charge in [-0.15, -0.1) is 0 Å². The van der Waals surface area contributed by atoms with Crippen molar-refractivity contribution in [3.63, 3.8) is 0 Å². The molecule has 0 spiro atoms. The third kappa shape index (κ3) is 3.04. The molecule has 0 heterocycles. The summed E-state index contributed by atoms with van der Waals surface area (Å²) < 4.78 is 14.2. The highest BCUT2D eigenvalue weighted by Crippen LogP contribution is 2.32. The predicted octanol–water partition coefficient (Wildman–Crippen LogP) is 2.06. The second-order valence-corrected chi connectivity index (χ2v) is 5.19. The molecule has 1 unspecified atom stereocenters. The first-order chi connectivity index (χ1) is 8.11. The van der Waals surface area contributed by atoms with E-state index in [4.69, 9.17) is 5.73 Å². The first kappa shape index (κ1) is 12.5. The summed E-state index contributed by atoms with van der Waals surface area (Å²) in [6.45, 7) is 0.397. The minimum atomic E-state index is -0.525. The van der Waals surface area contributed by atoms with Gasteiger partial charge in [0.15, 0.2) is 0 Å². The number of hydrogen-bond donors (Lipinski definition) is 2. The number of benzene rings is 1. The summed E-state index contributed by atoms with van der Waals surface area (Å²) in [5, 5.41) is 2.79. The van der Waals surface area contributed by atoms with Gasteiger partial charge in [0.1, 0.15) is 5.82 Å². The highest BCUT2D eigenvalue weighted by atomic mass is 79.9. The summed E-state index contributed by atoms with van der Waals surface area (Å²) in [5.74, 6) is -0.455. The van der Waals surface area contributed by atoms with E-state index < -0.39 is 11.7 Å². The Kier molecular flexibility index (Phi) is 3.79. The molecule has 1 aromatic carbocycles. The molecule has 0 aromatic heterocycles. The monoisotopic (exact) mass is 300 g/mol. The normalized spacial score (nSPS) is 16.6. The third-order valence-corrected chi connectivity index (χ3v) is 3.43. The summed E-state index contributed by atoms with van der Waals surface area (Å²) in [7, 11) is 0. The van der Waals surface area contributed by atoms with Gasteiger partial charge in [-0.1, -0.05) is 15.9 Å². The average molecular weight is 301 g/mol. The predicted molar refractivity (Wildman–Crippen MR) is 67.1 cm³/mol. The second kappa shape index (κ2) is 5.14. The first-order valence-electron chi connectivity index (χ1n) is 5.58. The number of carbonyl (C=O) groups is 1. The van der Waals surface area contributed by atoms with Crippen LogP contribution in [0.2, 0.25) is 0 Å². The maximum Gasteiger partial charge on any atom is 0.254 e. The van der Waals surface area contributed by atoms with Crippen LogP contribution in [-0.4, -0.2) is 18.5 Å². The van der Waals surface area contributed by atoms with Crippen LogP contribution in [0, 0.1) is 11.7 Å². The molecule has 0 aliphatic heterocycles. The number of amides is 1. The average Bonchev–Trinajstić information content (AvgIpc) is 3.09. The highest BCUT2D eigenvalue weighted by Gasteiger charge is 2.31. The van der Waals surface area contributed by atoms with Gasteiger partial charge in [0.05, 0.1) is 5.56 Å². The fraction of sp³-hybridized carbons (Fsp3) is 0.417. The first-order valence-corrected chi connectivity index (χ1v) is 6.37. The van der Waals surface area contributed by atoms with Crippen LogP contribution in [0.25, 0.3) is 0 Å². The van der Waals surface area contributed by atoms with Gasteiger partial charge in [-0.2, -0.15) is 0 Å². The number of nitrogens with one attached hydrogen (secondary N) is 1. The van der Waals surface area contributed by atoms with E-state index in [1.807, 2.05) is 0 Å². The molecular formula is C12H14BrFN2O. The van der Waals surface area contributed by atoms with E-state index >= 15 is 0 Å². The van der Waals surface area contributed by atoms with Crippen LogP contribution in [-0.2, 0) is 0 Å². The van der Waals surface area contributed by atoms with Crippen LogP contribution in [0.15, 0.2) is 22.7 Å². The second-order valence-electron chi connectivity index (χ2n) is 4.28. The van der Waals surface area contributed by atoms with Crippen LogP contribution >= 0.6 is 15.9 Å². The molecule has 0 bridgehead atoms. The molecule has 92 valence electrons. The Labute approximate surface area is 108 Å². The maximum atomic E-state index is 13.5. The van der Waals surface area contributed by atoms with Gasteiger partial charge in [0.2, 0.25) is 0 Å². The Balaban J connectivity index is 2.08. The zero-order chi connectivity index (χ0) is 12.4. The fourth-order valence-corrected chi connectivity index (χ4v) is 2.12. The molecule has 1 atom stereocenters. The molecule has 0 radical (unpaired) electrons. The smallest absolute Gasteiger partial charge is 0.254 e. The van der Waals surface area contributed by atoms with Crippen molar-refractivity contribution in [1.82, 2.24) is 5.32 Å². The van der Waals surface area contributed by atoms with Crippen molar-refractivity contribution in [2.75, 3.05) is 6.54 Å². The van der Waals surface area contributed by atoms with E-state index in [-0.39, 0.29) is 11.6 Å². The van der Waals surface area contributed by atoms with Crippen LogP contribution in [0.1, 0.15) is 23.2 Å². The van der Waals surface area contributed by atoms with Crippen molar-refractivity contribution in [2.24, 2.45) is 11.7 Å². The number of rotatable bonds is 4. The molecule has 1 aliphatic carbocycles. The van der Waals surface area contributed by atoms with Gasteiger partial charge >= 0.3 is 0 Å². The molecule has 1 aromatic rings. The molecule has 5 heteroatoms. The van der Waals surface area contributed by atoms with Crippen LogP contribution < -0.4 is 11.1 Å². The van der Waals surface area contributed by atoms with Crippen LogP contribution in [0.4, 0.5) is 4.39 Å². The Bertz CT molecular complexity index is 435. The van der Waals surface area contributed by atoms with Crippen LogP contribution in [0.3, 0.4) is 0 Å². The maximum absolute atomic E-state index is 13.5. The Hall–Kier alpha value is -0.940. The summed E-state index contributed by atoms with van der Waals surface area (Å²) in [4.78, 5) is 11.9. The van der Waals surface area contributed by atoms with Gasteiger partial charge in [0.25, 0.3) is 5.91 Å². The zero-order valence-electron chi connectivity index (χ0n) is 9.25. The molecular weight excluding hydrogens is 287 g/mol. The van der Waals surface area contributed by atoms with Crippen molar-refractivity contribution in [3.8, 4) is 0 Å². The van der Waals surface area contributed by atoms with E-state index in [9.17, 15) is 9.18 Å². The molecule has 3 N–H and O–H groups in total. The van der Waals surface area contributed by atoms with Crippen molar-refractivity contribution in [2.45, 2.75) is 18.9 Å². The van der Waals surface area contributed by atoms with Gasteiger partial charge in [-0.25, -0.2) is 4.39 Å². The quantitative estimate of drug-likeness (QED) is 0.894. The van der Waals surface area contributed by atoms with E-state index in [2.05, 4.69) is 21.2 Å². The number of hydrogen-bond acceptors (Lipinski definition) is 2. The van der Waals surface area contributed by atoms with Crippen molar-refractivity contribution in [3.05, 3.63) is 34.1 Å². The van der Waals surface area contributed by atoms with Gasteiger partial charge < -0.3 is 11.1 Å². The summed E-state index contributed by atoms with van der Waals surface area (Å²) >= 11 is 3.15. The lowest BCUT2D eigenvalue weighted by Crippen LogP contribution is -2.42. The number of halogens is 2. The molecule has 2 rings (SSSR count). The summed E-state index contributed by atoms with van der Waals surface area (Å²) in [6.07, 6.45) is 2.18. The lowest BCUT2D eigenvalue weighted by molar-refractivity contribution is 0.0929. The lowest BCUT2D eigenvalue weighted by Gasteiger charge is -2.16. The Morgan fingerprint density at radius 3 is 2.82 bits per heavy atom. The minimum Gasteiger partial charge on any atom is -0.348 e. The van der Waals surface area contributed by atoms with Gasteiger partial charge in [0, 0.05) is 17.1 Å². The topological polar surface area (TPSA) is 55.1 Å². The van der Waals surface area contributed by atoms with Crippen molar-refractivity contribution in [1.29, 1.82) is 0 Å². The van der Waals surface area contributed by atoms with Crippen LogP contribution in [0.5, 0.6) is 0 Å². The standard InChI is InChI=1S/C12H14BrFN2O/c13-8-3-4-9(10(14)5-8)12(17)16-11(6-15)7-1-2-7/h3-5,7,11H,1-2,6,15H2,(H,16,17). The zero-order valence-corrected chi connectivity index (χ0v) is 10.8. The Morgan fingerprint density at radius 1 is 1.59 bits per heavy atom. The van der Waals surface area contributed by atoms with E-state index in [0.717, 1.165) is 12.8 Å². The minimum absolute atomic E-state index is 0.0365. The molecule has 1 saturated carbocycles. The molecule has 1 amide bonds. The Morgan fingerprint density at radius 2 is 2.29 bits per heavy atom. The lowest BCUT2D eigenvalue weighted by atomic mass is 10.1. The number of nitrogens with two attached hydrogens (primary N) is 1. The van der Waals surface area contributed by atoms with Crippen molar-refractivity contribution >= 4 is 21.8 Å². The largest absolute Gasteiger partial charge is 0.348 e.